The summed E-state index contributed by atoms with van der Waals surface area (Å²) in [6, 6.07) is 12.2. The van der Waals surface area contributed by atoms with Crippen molar-refractivity contribution in [2.24, 2.45) is 0 Å². The molecule has 0 bridgehead atoms. The number of aryl methyl sites for hydroxylation is 1. The second-order valence-electron chi connectivity index (χ2n) is 8.72. The summed E-state index contributed by atoms with van der Waals surface area (Å²) in [5, 5.41) is 14.5. The Morgan fingerprint density at radius 1 is 1.12 bits per heavy atom. The van der Waals surface area contributed by atoms with Crippen LogP contribution in [0.25, 0.3) is 5.82 Å². The van der Waals surface area contributed by atoms with Crippen molar-refractivity contribution in [3.63, 3.8) is 0 Å². The number of nitrogens with zero attached hydrogens (tertiary/aromatic N) is 5. The minimum absolute atomic E-state index is 0.137. The molecule has 4 rings (SSSR count). The lowest BCUT2D eigenvalue weighted by molar-refractivity contribution is -0.137. The molecule has 7 nitrogen and oxygen atoms in total. The molecule has 0 saturated heterocycles. The van der Waals surface area contributed by atoms with Gasteiger partial charge >= 0.3 is 6.18 Å². The first-order chi connectivity index (χ1) is 19.0. The molecule has 0 unspecified atom stereocenters. The van der Waals surface area contributed by atoms with E-state index in [1.807, 2.05) is 6.07 Å². The first kappa shape index (κ1) is 29.0. The number of thioether (sulfide) groups is 1. The van der Waals surface area contributed by atoms with Crippen molar-refractivity contribution in [1.82, 2.24) is 19.7 Å². The lowest BCUT2D eigenvalue weighted by Gasteiger charge is -2.13. The largest absolute Gasteiger partial charge is 0.417 e. The first-order valence-electron chi connectivity index (χ1n) is 12.0. The zero-order chi connectivity index (χ0) is 29.0. The van der Waals surface area contributed by atoms with Gasteiger partial charge in [-0.25, -0.2) is 14.6 Å². The van der Waals surface area contributed by atoms with Gasteiger partial charge in [0.1, 0.15) is 5.69 Å². The number of ketones is 2. The van der Waals surface area contributed by atoms with E-state index in [1.54, 1.807) is 38.1 Å². The molecule has 0 saturated carbocycles. The number of hydrogen-bond donors (Lipinski definition) is 0. The minimum Gasteiger partial charge on any atom is -0.294 e. The smallest absolute Gasteiger partial charge is 0.294 e. The molecule has 0 spiro atoms. The highest BCUT2D eigenvalue weighted by atomic mass is 35.5. The maximum Gasteiger partial charge on any atom is 0.417 e. The fourth-order valence-corrected chi connectivity index (χ4v) is 4.91. The standard InChI is InChI=1S/C28H21ClF3N5O2S/c1-3-24(38)21-10-17(13-33)9-16(2)20(21)12-25(39)23-11-19(36-37(23)27-22(29)5-4-8-34-27)15-40-26-7-6-18(14-35-26)28(30,31)32/h4-11,14H,3,12,15H2,1-2H3. The number of carbonyl (C=O) groups is 2. The van der Waals surface area contributed by atoms with E-state index >= 15 is 0 Å². The fraction of sp³-hybridized carbons (Fsp3) is 0.214. The molecule has 0 atom stereocenters. The molecule has 1 aromatic carbocycles. The van der Waals surface area contributed by atoms with Crippen LogP contribution in [0.15, 0.2) is 59.9 Å². The van der Waals surface area contributed by atoms with Crippen LogP contribution in [0.5, 0.6) is 0 Å². The third-order valence-electron chi connectivity index (χ3n) is 5.98. The van der Waals surface area contributed by atoms with Gasteiger partial charge in [-0.1, -0.05) is 30.3 Å². The van der Waals surface area contributed by atoms with E-state index in [0.29, 0.717) is 33.0 Å². The molecule has 3 heterocycles. The number of rotatable bonds is 9. The van der Waals surface area contributed by atoms with E-state index in [-0.39, 0.29) is 46.7 Å². The maximum atomic E-state index is 13.7. The second kappa shape index (κ2) is 12.0. The number of carbonyl (C=O) groups excluding carboxylic acids is 2. The summed E-state index contributed by atoms with van der Waals surface area (Å²) in [5.41, 5.74) is 1.55. The van der Waals surface area contributed by atoms with Crippen LogP contribution in [0.3, 0.4) is 0 Å². The van der Waals surface area contributed by atoms with Crippen LogP contribution >= 0.6 is 23.4 Å². The number of aromatic nitrogens is 4. The van der Waals surface area contributed by atoms with Gasteiger partial charge in [0.2, 0.25) is 0 Å². The molecule has 12 heteroatoms. The van der Waals surface area contributed by atoms with Crippen molar-refractivity contribution >= 4 is 34.9 Å². The average Bonchev–Trinajstić information content (AvgIpc) is 3.36. The van der Waals surface area contributed by atoms with E-state index in [2.05, 4.69) is 15.1 Å². The summed E-state index contributed by atoms with van der Waals surface area (Å²) in [6.07, 6.45) is -2.15. The van der Waals surface area contributed by atoms with Crippen LogP contribution < -0.4 is 0 Å². The number of halogens is 4. The van der Waals surface area contributed by atoms with Crippen LogP contribution in [0.2, 0.25) is 5.02 Å². The Labute approximate surface area is 237 Å². The molecule has 0 radical (unpaired) electrons. The highest BCUT2D eigenvalue weighted by Crippen LogP contribution is 2.31. The molecule has 0 aliphatic carbocycles. The van der Waals surface area contributed by atoms with Crippen molar-refractivity contribution in [2.45, 2.75) is 43.6 Å². The number of benzene rings is 1. The molecule has 0 aliphatic rings. The van der Waals surface area contributed by atoms with Crippen LogP contribution in [-0.2, 0) is 18.3 Å². The highest BCUT2D eigenvalue weighted by Gasteiger charge is 2.30. The van der Waals surface area contributed by atoms with Gasteiger partial charge in [-0.2, -0.15) is 23.5 Å². The molecule has 40 heavy (non-hydrogen) atoms. The Hall–Kier alpha value is -4.01. The van der Waals surface area contributed by atoms with Gasteiger partial charge in [-0.05, 0) is 60.5 Å². The zero-order valence-corrected chi connectivity index (χ0v) is 22.9. The normalized spacial score (nSPS) is 11.3. The van der Waals surface area contributed by atoms with Gasteiger partial charge in [-0.15, -0.1) is 0 Å². The van der Waals surface area contributed by atoms with Crippen molar-refractivity contribution in [3.05, 3.63) is 99.1 Å². The van der Waals surface area contributed by atoms with Crippen LogP contribution in [0.4, 0.5) is 13.2 Å². The number of alkyl halides is 3. The van der Waals surface area contributed by atoms with Crippen molar-refractivity contribution in [1.29, 1.82) is 5.26 Å². The Balaban J connectivity index is 1.68. The zero-order valence-electron chi connectivity index (χ0n) is 21.3. The molecule has 0 aliphatic heterocycles. The summed E-state index contributed by atoms with van der Waals surface area (Å²) in [7, 11) is 0. The summed E-state index contributed by atoms with van der Waals surface area (Å²) in [4.78, 5) is 34.5. The molecular weight excluding hydrogens is 563 g/mol. The van der Waals surface area contributed by atoms with Gasteiger partial charge in [-0.3, -0.25) is 9.59 Å². The number of nitriles is 1. The quantitative estimate of drug-likeness (QED) is 0.157. The average molecular weight is 584 g/mol. The summed E-state index contributed by atoms with van der Waals surface area (Å²) in [6.45, 7) is 3.44. The van der Waals surface area contributed by atoms with Gasteiger partial charge in [0.25, 0.3) is 0 Å². The molecule has 204 valence electrons. The predicted octanol–water partition coefficient (Wildman–Crippen LogP) is 6.83. The van der Waals surface area contributed by atoms with Crippen molar-refractivity contribution < 1.29 is 22.8 Å². The third-order valence-corrected chi connectivity index (χ3v) is 7.25. The summed E-state index contributed by atoms with van der Waals surface area (Å²) >= 11 is 7.51. The number of pyridine rings is 2. The van der Waals surface area contributed by atoms with Crippen LogP contribution in [0.1, 0.15) is 62.1 Å². The minimum atomic E-state index is -4.49. The predicted molar refractivity (Wildman–Crippen MR) is 144 cm³/mol. The Morgan fingerprint density at radius 3 is 2.52 bits per heavy atom. The fourth-order valence-electron chi connectivity index (χ4n) is 3.98. The third kappa shape index (κ3) is 6.41. The van der Waals surface area contributed by atoms with Crippen LogP contribution in [0, 0.1) is 18.3 Å². The van der Waals surface area contributed by atoms with Gasteiger partial charge < -0.3 is 0 Å². The van der Waals surface area contributed by atoms with Gasteiger partial charge in [0.05, 0.1) is 32.9 Å². The monoisotopic (exact) mass is 583 g/mol. The molecule has 3 aromatic heterocycles. The number of hydrogen-bond acceptors (Lipinski definition) is 7. The first-order valence-corrected chi connectivity index (χ1v) is 13.3. The summed E-state index contributed by atoms with van der Waals surface area (Å²) < 4.78 is 39.9. The lowest BCUT2D eigenvalue weighted by Crippen LogP contribution is -2.15. The summed E-state index contributed by atoms with van der Waals surface area (Å²) in [5.74, 6) is -0.134. The Kier molecular flexibility index (Phi) is 8.71. The molecular formula is C28H21ClF3N5O2S. The van der Waals surface area contributed by atoms with E-state index in [1.165, 1.54) is 23.0 Å². The van der Waals surface area contributed by atoms with Crippen molar-refractivity contribution in [2.75, 3.05) is 0 Å². The molecule has 4 aromatic rings. The van der Waals surface area contributed by atoms with E-state index in [4.69, 9.17) is 11.6 Å². The van der Waals surface area contributed by atoms with Gasteiger partial charge in [0.15, 0.2) is 17.4 Å². The van der Waals surface area contributed by atoms with E-state index in [0.717, 1.165) is 24.0 Å². The molecule has 0 amide bonds. The van der Waals surface area contributed by atoms with Crippen LogP contribution in [-0.4, -0.2) is 31.3 Å². The molecule has 0 N–H and O–H groups in total. The van der Waals surface area contributed by atoms with Crippen molar-refractivity contribution in [3.8, 4) is 11.9 Å². The SMILES string of the molecule is CCC(=O)c1cc(C#N)cc(C)c1CC(=O)c1cc(CSc2ccc(C(F)(F)F)cn2)nn1-c1ncccc1Cl. The van der Waals surface area contributed by atoms with E-state index in [9.17, 15) is 28.0 Å². The lowest BCUT2D eigenvalue weighted by atomic mass is 9.91. The second-order valence-corrected chi connectivity index (χ2v) is 10.1. The number of Topliss-reactive ketones (excluding diaryl/α,β-unsaturated/α-hetero) is 2. The van der Waals surface area contributed by atoms with Gasteiger partial charge in [0, 0.05) is 36.6 Å². The topological polar surface area (TPSA) is 102 Å². The maximum absolute atomic E-state index is 13.7. The molecule has 0 fully saturated rings. The Morgan fingerprint density at radius 2 is 1.90 bits per heavy atom. The highest BCUT2D eigenvalue weighted by molar-refractivity contribution is 7.98. The Bertz CT molecular complexity index is 1630. The van der Waals surface area contributed by atoms with E-state index < -0.39 is 11.7 Å².